The average molecular weight is 344 g/mol. The molecule has 5 nitrogen and oxygen atoms in total. The van der Waals surface area contributed by atoms with Gasteiger partial charge in [-0.15, -0.1) is 13.2 Å². The highest BCUT2D eigenvalue weighted by Gasteiger charge is 2.31. The molecule has 0 radical (unpaired) electrons. The van der Waals surface area contributed by atoms with Gasteiger partial charge in [-0.2, -0.15) is 0 Å². The third-order valence-corrected chi connectivity index (χ3v) is 4.67. The van der Waals surface area contributed by atoms with Crippen molar-refractivity contribution in [3.05, 3.63) is 24.3 Å². The Bertz CT molecular complexity index is 554. The highest BCUT2D eigenvalue weighted by molar-refractivity contribution is 5.51. The van der Waals surface area contributed by atoms with Gasteiger partial charge in [0.2, 0.25) is 0 Å². The van der Waals surface area contributed by atoms with Gasteiger partial charge in [-0.05, 0) is 25.5 Å². The molecule has 2 heterocycles. The summed E-state index contributed by atoms with van der Waals surface area (Å²) < 4.78 is 41.0. The summed E-state index contributed by atoms with van der Waals surface area (Å²) in [5.74, 6) is 0.371. The van der Waals surface area contributed by atoms with Crippen molar-refractivity contribution in [2.75, 3.05) is 31.1 Å². The second-order valence-electron chi connectivity index (χ2n) is 6.46. The number of hydrogen-bond acceptors (Lipinski definition) is 5. The molecule has 134 valence electrons. The number of hydrazine groups is 1. The Morgan fingerprint density at radius 2 is 2.21 bits per heavy atom. The molecule has 0 bridgehead atoms. The zero-order valence-electron chi connectivity index (χ0n) is 13.6. The van der Waals surface area contributed by atoms with Crippen molar-refractivity contribution in [1.82, 2.24) is 16.2 Å². The lowest BCUT2D eigenvalue weighted by molar-refractivity contribution is -0.274. The maximum absolute atomic E-state index is 12.3. The Morgan fingerprint density at radius 1 is 1.38 bits per heavy atom. The molecule has 2 fully saturated rings. The SMILES string of the molecule is CC1NNCC1CNC1CCN(c2cccc(OC(F)(F)F)c2)C1. The van der Waals surface area contributed by atoms with Crippen molar-refractivity contribution in [2.45, 2.75) is 31.8 Å². The number of anilines is 1. The first-order valence-electron chi connectivity index (χ1n) is 8.23. The minimum absolute atomic E-state index is 0.173. The largest absolute Gasteiger partial charge is 0.573 e. The standard InChI is InChI=1S/C16H23F3N4O/c1-11-12(9-21-22-11)8-20-13-5-6-23(10-13)14-3-2-4-15(7-14)24-16(17,18)19/h2-4,7,11-13,20-22H,5-6,8-10H2,1H3. The van der Waals surface area contributed by atoms with Gasteiger partial charge >= 0.3 is 6.36 Å². The van der Waals surface area contributed by atoms with Gasteiger partial charge in [-0.25, -0.2) is 0 Å². The molecule has 3 unspecified atom stereocenters. The number of nitrogens with zero attached hydrogens (tertiary/aromatic N) is 1. The Balaban J connectivity index is 1.52. The van der Waals surface area contributed by atoms with E-state index < -0.39 is 6.36 Å². The van der Waals surface area contributed by atoms with Crippen LogP contribution in [-0.4, -0.2) is 44.6 Å². The predicted octanol–water partition coefficient (Wildman–Crippen LogP) is 1.87. The smallest absolute Gasteiger partial charge is 0.406 e. The third-order valence-electron chi connectivity index (χ3n) is 4.67. The lowest BCUT2D eigenvalue weighted by atomic mass is 10.0. The molecular formula is C16H23F3N4O. The van der Waals surface area contributed by atoms with Crippen LogP contribution in [0.15, 0.2) is 24.3 Å². The number of benzene rings is 1. The fourth-order valence-electron chi connectivity index (χ4n) is 3.25. The molecule has 3 N–H and O–H groups in total. The topological polar surface area (TPSA) is 48.6 Å². The van der Waals surface area contributed by atoms with Gasteiger partial charge in [0.1, 0.15) is 5.75 Å². The summed E-state index contributed by atoms with van der Waals surface area (Å²) in [6.07, 6.45) is -3.68. The minimum atomic E-state index is -4.66. The third kappa shape index (κ3) is 4.52. The molecule has 1 aromatic rings. The van der Waals surface area contributed by atoms with Crippen LogP contribution in [0.5, 0.6) is 5.75 Å². The highest BCUT2D eigenvalue weighted by Crippen LogP contribution is 2.28. The first-order chi connectivity index (χ1) is 11.4. The number of rotatable bonds is 5. The molecule has 3 rings (SSSR count). The van der Waals surface area contributed by atoms with Gasteiger partial charge in [0.25, 0.3) is 0 Å². The molecule has 0 saturated carbocycles. The van der Waals surface area contributed by atoms with Crippen LogP contribution in [0.25, 0.3) is 0 Å². The molecule has 2 saturated heterocycles. The zero-order chi connectivity index (χ0) is 17.2. The van der Waals surface area contributed by atoms with E-state index in [1.54, 1.807) is 6.07 Å². The van der Waals surface area contributed by atoms with Gasteiger partial charge in [-0.3, -0.25) is 10.9 Å². The average Bonchev–Trinajstić information content (AvgIpc) is 3.12. The summed E-state index contributed by atoms with van der Waals surface area (Å²) >= 11 is 0. The van der Waals surface area contributed by atoms with Crippen LogP contribution in [-0.2, 0) is 0 Å². The number of hydrogen-bond donors (Lipinski definition) is 3. The van der Waals surface area contributed by atoms with Crippen LogP contribution >= 0.6 is 0 Å². The minimum Gasteiger partial charge on any atom is -0.406 e. The fourth-order valence-corrected chi connectivity index (χ4v) is 3.25. The van der Waals surface area contributed by atoms with E-state index in [0.717, 1.165) is 38.3 Å². The second kappa shape index (κ2) is 7.16. The molecule has 0 amide bonds. The number of ether oxygens (including phenoxy) is 1. The van der Waals surface area contributed by atoms with Crippen molar-refractivity contribution >= 4 is 5.69 Å². The van der Waals surface area contributed by atoms with Crippen LogP contribution in [0.2, 0.25) is 0 Å². The molecule has 2 aliphatic rings. The van der Waals surface area contributed by atoms with E-state index in [1.807, 2.05) is 6.07 Å². The molecule has 2 aliphatic heterocycles. The maximum atomic E-state index is 12.3. The molecule has 8 heteroatoms. The van der Waals surface area contributed by atoms with Crippen LogP contribution in [0.4, 0.5) is 18.9 Å². The van der Waals surface area contributed by atoms with Gasteiger partial charge < -0.3 is 15.0 Å². The number of halogens is 3. The van der Waals surface area contributed by atoms with Gasteiger partial charge in [-0.1, -0.05) is 6.07 Å². The highest BCUT2D eigenvalue weighted by atomic mass is 19.4. The number of nitrogens with one attached hydrogen (secondary N) is 3. The summed E-state index contributed by atoms with van der Waals surface area (Å²) in [4.78, 5) is 2.09. The van der Waals surface area contributed by atoms with Crippen molar-refractivity contribution in [3.8, 4) is 5.75 Å². The van der Waals surface area contributed by atoms with Crippen molar-refractivity contribution in [3.63, 3.8) is 0 Å². The van der Waals surface area contributed by atoms with Crippen LogP contribution < -0.4 is 25.8 Å². The summed E-state index contributed by atoms with van der Waals surface area (Å²) in [5, 5.41) is 3.57. The van der Waals surface area contributed by atoms with Crippen molar-refractivity contribution in [2.24, 2.45) is 5.92 Å². The first kappa shape index (κ1) is 17.3. The van der Waals surface area contributed by atoms with E-state index in [2.05, 4.69) is 32.7 Å². The summed E-state index contributed by atoms with van der Waals surface area (Å²) in [6.45, 7) is 5.64. The van der Waals surface area contributed by atoms with E-state index in [1.165, 1.54) is 12.1 Å². The number of alkyl halides is 3. The van der Waals surface area contributed by atoms with Gasteiger partial charge in [0, 0.05) is 55.9 Å². The molecule has 0 aliphatic carbocycles. The zero-order valence-corrected chi connectivity index (χ0v) is 13.6. The predicted molar refractivity (Wildman–Crippen MR) is 85.8 cm³/mol. The van der Waals surface area contributed by atoms with Crippen molar-refractivity contribution in [1.29, 1.82) is 0 Å². The normalized spacial score (nSPS) is 27.7. The van der Waals surface area contributed by atoms with Gasteiger partial charge in [0.15, 0.2) is 0 Å². The summed E-state index contributed by atoms with van der Waals surface area (Å²) in [5.41, 5.74) is 7.11. The van der Waals surface area contributed by atoms with E-state index >= 15 is 0 Å². The molecular weight excluding hydrogens is 321 g/mol. The van der Waals surface area contributed by atoms with Crippen LogP contribution in [0, 0.1) is 5.92 Å². The van der Waals surface area contributed by atoms with Crippen LogP contribution in [0.3, 0.4) is 0 Å². The molecule has 1 aromatic carbocycles. The second-order valence-corrected chi connectivity index (χ2v) is 6.46. The Labute approximate surface area is 139 Å². The van der Waals surface area contributed by atoms with Crippen molar-refractivity contribution < 1.29 is 17.9 Å². The lowest BCUT2D eigenvalue weighted by Crippen LogP contribution is -2.39. The Morgan fingerprint density at radius 3 is 2.92 bits per heavy atom. The van der Waals surface area contributed by atoms with E-state index in [9.17, 15) is 13.2 Å². The van der Waals surface area contributed by atoms with Crippen LogP contribution in [0.1, 0.15) is 13.3 Å². The lowest BCUT2D eigenvalue weighted by Gasteiger charge is -2.21. The Hall–Kier alpha value is -1.51. The summed E-state index contributed by atoms with van der Waals surface area (Å²) in [6, 6.07) is 6.97. The molecule has 24 heavy (non-hydrogen) atoms. The van der Waals surface area contributed by atoms with E-state index in [4.69, 9.17) is 0 Å². The molecule has 0 aromatic heterocycles. The van der Waals surface area contributed by atoms with E-state index in [0.29, 0.717) is 18.0 Å². The fraction of sp³-hybridized carbons (Fsp3) is 0.625. The Kier molecular flexibility index (Phi) is 5.17. The maximum Gasteiger partial charge on any atom is 0.573 e. The molecule has 0 spiro atoms. The molecule has 3 atom stereocenters. The first-order valence-corrected chi connectivity index (χ1v) is 8.23. The van der Waals surface area contributed by atoms with Gasteiger partial charge in [0.05, 0.1) is 0 Å². The monoisotopic (exact) mass is 344 g/mol. The quantitative estimate of drug-likeness (QED) is 0.761. The summed E-state index contributed by atoms with van der Waals surface area (Å²) in [7, 11) is 0. The van der Waals surface area contributed by atoms with E-state index in [-0.39, 0.29) is 5.75 Å².